The lowest BCUT2D eigenvalue weighted by molar-refractivity contribution is -0.0505. The van der Waals surface area contributed by atoms with E-state index in [0.717, 1.165) is 0 Å². The molecule has 13 heteroatoms. The molecule has 0 saturated carbocycles. The summed E-state index contributed by atoms with van der Waals surface area (Å²) in [6.45, 7) is 0.572. The van der Waals surface area contributed by atoms with Gasteiger partial charge in [0, 0.05) is 35.3 Å². The molecule has 4 aromatic rings. The van der Waals surface area contributed by atoms with Crippen LogP contribution in [0.2, 0.25) is 10.0 Å². The molecule has 0 aliphatic carbocycles. The zero-order valence-electron chi connectivity index (χ0n) is 24.5. The number of anilines is 1. The van der Waals surface area contributed by atoms with Crippen molar-refractivity contribution < 1.29 is 23.1 Å². The van der Waals surface area contributed by atoms with Crippen LogP contribution in [0.3, 0.4) is 0 Å². The number of ether oxygens (including phenoxy) is 1. The van der Waals surface area contributed by atoms with Gasteiger partial charge in [0.05, 0.1) is 34.0 Å². The van der Waals surface area contributed by atoms with Gasteiger partial charge in [0.25, 0.3) is 17.4 Å². The highest BCUT2D eigenvalue weighted by Gasteiger charge is 2.32. The Kier molecular flexibility index (Phi) is 9.40. The number of para-hydroxylation sites is 1. The maximum absolute atomic E-state index is 14.2. The molecule has 2 heterocycles. The SMILES string of the molecule is CNC(=O)c1ccc(-n2c(N[C@H](C)c3ccccc3OC(F)F)nc3c(c2=O)C[C@@H](C)N(C(=O)c2ccc(Cl)c(Cl)c2)C3)cc1. The molecular weight excluding hydrogens is 627 g/mol. The van der Waals surface area contributed by atoms with Gasteiger partial charge in [0.15, 0.2) is 0 Å². The molecule has 45 heavy (non-hydrogen) atoms. The number of aromatic nitrogens is 2. The lowest BCUT2D eigenvalue weighted by Crippen LogP contribution is -2.46. The Labute approximate surface area is 267 Å². The van der Waals surface area contributed by atoms with Crippen molar-refractivity contribution in [1.82, 2.24) is 19.8 Å². The summed E-state index contributed by atoms with van der Waals surface area (Å²) in [6, 6.07) is 16.4. The van der Waals surface area contributed by atoms with E-state index in [0.29, 0.717) is 38.7 Å². The molecule has 3 aromatic carbocycles. The predicted molar refractivity (Wildman–Crippen MR) is 168 cm³/mol. The summed E-state index contributed by atoms with van der Waals surface area (Å²) in [4.78, 5) is 46.3. The largest absolute Gasteiger partial charge is 0.434 e. The van der Waals surface area contributed by atoms with E-state index in [2.05, 4.69) is 10.6 Å². The number of alkyl halides is 2. The molecule has 0 radical (unpaired) electrons. The van der Waals surface area contributed by atoms with Crippen molar-refractivity contribution in [2.75, 3.05) is 12.4 Å². The number of nitrogens with one attached hydrogen (secondary N) is 2. The van der Waals surface area contributed by atoms with Crippen LogP contribution in [0.15, 0.2) is 71.5 Å². The van der Waals surface area contributed by atoms with Gasteiger partial charge in [-0.25, -0.2) is 9.55 Å². The average Bonchev–Trinajstić information content (AvgIpc) is 3.02. The maximum Gasteiger partial charge on any atom is 0.387 e. The van der Waals surface area contributed by atoms with E-state index in [1.165, 1.54) is 23.7 Å². The standard InChI is InChI=1S/C32H29Cl2F2N5O4/c1-17-14-23-26(16-40(17)29(43)20-10-13-24(33)25(34)15-20)39-32(38-18(2)22-6-4-5-7-27(22)45-31(35)36)41(30(23)44)21-11-8-19(9-12-21)28(42)37-3/h4-13,15,17-18,31H,14,16H2,1-3H3,(H,37,42)(H,38,39)/t17-,18-/m1/s1. The summed E-state index contributed by atoms with van der Waals surface area (Å²) in [6.07, 6.45) is 0.228. The Hall–Kier alpha value is -4.48. The third kappa shape index (κ3) is 6.64. The van der Waals surface area contributed by atoms with E-state index in [4.69, 9.17) is 32.9 Å². The highest BCUT2D eigenvalue weighted by atomic mass is 35.5. The van der Waals surface area contributed by atoms with Gasteiger partial charge in [0.1, 0.15) is 5.75 Å². The third-order valence-corrected chi connectivity index (χ3v) is 8.34. The maximum atomic E-state index is 14.2. The van der Waals surface area contributed by atoms with E-state index < -0.39 is 12.7 Å². The Morgan fingerprint density at radius 3 is 2.38 bits per heavy atom. The second-order valence-corrected chi connectivity index (χ2v) is 11.3. The van der Waals surface area contributed by atoms with Gasteiger partial charge in [-0.1, -0.05) is 41.4 Å². The zero-order valence-corrected chi connectivity index (χ0v) is 26.0. The average molecular weight is 657 g/mol. The van der Waals surface area contributed by atoms with Crippen LogP contribution < -0.4 is 20.9 Å². The molecule has 0 spiro atoms. The molecule has 0 fully saturated rings. The van der Waals surface area contributed by atoms with Crippen molar-refractivity contribution >= 4 is 41.0 Å². The number of halogens is 4. The first-order valence-electron chi connectivity index (χ1n) is 14.0. The number of benzene rings is 3. The Balaban J connectivity index is 1.58. The molecule has 1 aliphatic heterocycles. The summed E-state index contributed by atoms with van der Waals surface area (Å²) < 4.78 is 32.4. The highest BCUT2D eigenvalue weighted by molar-refractivity contribution is 6.42. The third-order valence-electron chi connectivity index (χ3n) is 7.60. The molecule has 2 N–H and O–H groups in total. The van der Waals surface area contributed by atoms with Crippen LogP contribution >= 0.6 is 23.2 Å². The van der Waals surface area contributed by atoms with E-state index in [9.17, 15) is 23.2 Å². The first-order valence-corrected chi connectivity index (χ1v) is 14.8. The fourth-order valence-corrected chi connectivity index (χ4v) is 5.58. The molecule has 1 aliphatic rings. The molecule has 234 valence electrons. The molecule has 1 aromatic heterocycles. The summed E-state index contributed by atoms with van der Waals surface area (Å²) in [7, 11) is 1.52. The molecule has 9 nitrogen and oxygen atoms in total. The van der Waals surface area contributed by atoms with Crippen LogP contribution in [0.5, 0.6) is 5.75 Å². The summed E-state index contributed by atoms with van der Waals surface area (Å²) in [5.74, 6) is -0.507. The molecule has 5 rings (SSSR count). The van der Waals surface area contributed by atoms with E-state index in [1.807, 2.05) is 6.92 Å². The Morgan fingerprint density at radius 2 is 1.71 bits per heavy atom. The fourth-order valence-electron chi connectivity index (χ4n) is 5.28. The van der Waals surface area contributed by atoms with Gasteiger partial charge in [-0.2, -0.15) is 8.78 Å². The minimum atomic E-state index is -3.03. The Morgan fingerprint density at radius 1 is 1.02 bits per heavy atom. The number of rotatable bonds is 8. The first-order chi connectivity index (χ1) is 21.5. The van der Waals surface area contributed by atoms with E-state index >= 15 is 0 Å². The van der Waals surface area contributed by atoms with Crippen LogP contribution in [0.1, 0.15) is 57.4 Å². The van der Waals surface area contributed by atoms with Gasteiger partial charge in [-0.05, 0) is 68.8 Å². The van der Waals surface area contributed by atoms with Crippen molar-refractivity contribution in [1.29, 1.82) is 0 Å². The van der Waals surface area contributed by atoms with E-state index in [1.54, 1.807) is 66.4 Å². The highest BCUT2D eigenvalue weighted by Crippen LogP contribution is 2.31. The monoisotopic (exact) mass is 655 g/mol. The van der Waals surface area contributed by atoms with Crippen LogP contribution in [0.4, 0.5) is 14.7 Å². The molecule has 0 unspecified atom stereocenters. The van der Waals surface area contributed by atoms with Gasteiger partial charge >= 0.3 is 6.61 Å². The number of hydrogen-bond acceptors (Lipinski definition) is 6. The topological polar surface area (TPSA) is 106 Å². The van der Waals surface area contributed by atoms with Crippen LogP contribution in [0.25, 0.3) is 5.69 Å². The number of carbonyl (C=O) groups excluding carboxylic acids is 2. The lowest BCUT2D eigenvalue weighted by atomic mass is 9.98. The van der Waals surface area contributed by atoms with Crippen molar-refractivity contribution in [3.63, 3.8) is 0 Å². The summed E-state index contributed by atoms with van der Waals surface area (Å²) in [5, 5.41) is 6.31. The van der Waals surface area contributed by atoms with Gasteiger partial charge in [-0.15, -0.1) is 0 Å². The minimum Gasteiger partial charge on any atom is -0.434 e. The second-order valence-electron chi connectivity index (χ2n) is 10.5. The Bertz CT molecular complexity index is 1820. The van der Waals surface area contributed by atoms with Gasteiger partial charge < -0.3 is 20.3 Å². The molecule has 2 amide bonds. The number of amides is 2. The summed E-state index contributed by atoms with van der Waals surface area (Å²) in [5.41, 5.74) is 2.02. The normalized spacial score (nSPS) is 14.9. The summed E-state index contributed by atoms with van der Waals surface area (Å²) >= 11 is 12.2. The van der Waals surface area contributed by atoms with Gasteiger partial charge in [-0.3, -0.25) is 14.4 Å². The van der Waals surface area contributed by atoms with E-state index in [-0.39, 0.29) is 53.1 Å². The molecular formula is C32H29Cl2F2N5O4. The first kappa shape index (κ1) is 31.9. The predicted octanol–water partition coefficient (Wildman–Crippen LogP) is 6.26. The van der Waals surface area contributed by atoms with Crippen molar-refractivity contribution in [2.45, 2.75) is 45.5 Å². The number of hydrogen-bond donors (Lipinski definition) is 2. The number of carbonyl (C=O) groups is 2. The van der Waals surface area contributed by atoms with Crippen LogP contribution in [-0.2, 0) is 13.0 Å². The minimum absolute atomic E-state index is 0.0264. The smallest absolute Gasteiger partial charge is 0.387 e. The number of fused-ring (bicyclic) bond motifs is 1. The second kappa shape index (κ2) is 13.3. The number of nitrogens with zero attached hydrogens (tertiary/aromatic N) is 3. The van der Waals surface area contributed by atoms with Crippen LogP contribution in [0, 0.1) is 0 Å². The zero-order chi connectivity index (χ0) is 32.4. The quantitative estimate of drug-likeness (QED) is 0.232. The van der Waals surface area contributed by atoms with Crippen LogP contribution in [-0.4, -0.2) is 46.0 Å². The molecule has 0 saturated heterocycles. The fraction of sp³-hybridized carbons (Fsp3) is 0.250. The van der Waals surface area contributed by atoms with Crippen molar-refractivity contribution in [2.24, 2.45) is 0 Å². The van der Waals surface area contributed by atoms with Crippen molar-refractivity contribution in [3.05, 3.63) is 115 Å². The molecule has 2 atom stereocenters. The van der Waals surface area contributed by atoms with Crippen molar-refractivity contribution in [3.8, 4) is 11.4 Å². The lowest BCUT2D eigenvalue weighted by Gasteiger charge is -2.35. The molecule has 0 bridgehead atoms. The van der Waals surface area contributed by atoms with Gasteiger partial charge in [0.2, 0.25) is 5.95 Å².